The molecule has 8 heteroatoms. The van der Waals surface area contributed by atoms with E-state index < -0.39 is 5.91 Å². The van der Waals surface area contributed by atoms with Crippen molar-refractivity contribution >= 4 is 58.0 Å². The molecule has 0 radical (unpaired) electrons. The number of carbonyl (C=O) groups is 2. The summed E-state index contributed by atoms with van der Waals surface area (Å²) in [6.07, 6.45) is 1.19. The van der Waals surface area contributed by atoms with Gasteiger partial charge in [0.05, 0.1) is 10.0 Å². The van der Waals surface area contributed by atoms with Crippen molar-refractivity contribution in [2.45, 2.75) is 33.6 Å². The van der Waals surface area contributed by atoms with Gasteiger partial charge in [0.1, 0.15) is 0 Å². The zero-order valence-electron chi connectivity index (χ0n) is 15.8. The van der Waals surface area contributed by atoms with Gasteiger partial charge in [0.25, 0.3) is 5.91 Å². The van der Waals surface area contributed by atoms with Gasteiger partial charge in [-0.1, -0.05) is 47.8 Å². The Morgan fingerprint density at radius 2 is 1.46 bits per heavy atom. The lowest BCUT2D eigenvalue weighted by Gasteiger charge is -2.15. The molecule has 5 nitrogen and oxygen atoms in total. The molecule has 0 aromatic heterocycles. The van der Waals surface area contributed by atoms with E-state index >= 15 is 0 Å². The van der Waals surface area contributed by atoms with Crippen LogP contribution in [0.5, 0.6) is 5.75 Å². The van der Waals surface area contributed by atoms with Crippen LogP contribution in [0.25, 0.3) is 0 Å². The van der Waals surface area contributed by atoms with Crippen LogP contribution in [0.3, 0.4) is 0 Å². The number of rotatable bonds is 7. The lowest BCUT2D eigenvalue weighted by molar-refractivity contribution is -0.118. The molecule has 2 aromatic rings. The molecular weight excluding hydrogens is 423 g/mol. The molecular formula is C20H21Cl3N2O3. The Balaban J connectivity index is 2.03. The van der Waals surface area contributed by atoms with Gasteiger partial charge in [-0.15, -0.1) is 0 Å². The Morgan fingerprint density at radius 1 is 0.929 bits per heavy atom. The molecule has 0 aliphatic rings. The first kappa shape index (κ1) is 22.3. The number of ether oxygens (including phenoxy) is 1. The first-order chi connectivity index (χ1) is 13.2. The van der Waals surface area contributed by atoms with Crippen molar-refractivity contribution in [3.8, 4) is 5.75 Å². The second-order valence-electron chi connectivity index (χ2n) is 6.24. The van der Waals surface area contributed by atoms with Gasteiger partial charge in [-0.05, 0) is 49.6 Å². The summed E-state index contributed by atoms with van der Waals surface area (Å²) in [5.41, 5.74) is 2.41. The maximum atomic E-state index is 12.2. The monoisotopic (exact) mass is 442 g/mol. The zero-order chi connectivity index (χ0) is 20.8. The third-order valence-electron chi connectivity index (χ3n) is 3.97. The van der Waals surface area contributed by atoms with Gasteiger partial charge in [0.2, 0.25) is 5.91 Å². The van der Waals surface area contributed by atoms with Crippen LogP contribution in [0, 0.1) is 13.8 Å². The number of nitrogens with one attached hydrogen (secondary N) is 2. The normalized spacial score (nSPS) is 10.5. The van der Waals surface area contributed by atoms with Crippen molar-refractivity contribution in [2.75, 3.05) is 17.2 Å². The molecule has 0 atom stereocenters. The van der Waals surface area contributed by atoms with Crippen molar-refractivity contribution in [3.05, 3.63) is 50.5 Å². The SMILES string of the molecule is CCCC(=O)Nc1cccc(NC(=O)COc2c(Cl)c(C)c(Cl)c(C)c2Cl)c1. The molecule has 0 spiro atoms. The Morgan fingerprint density at radius 3 is 2.00 bits per heavy atom. The first-order valence-electron chi connectivity index (χ1n) is 8.70. The smallest absolute Gasteiger partial charge is 0.262 e. The average Bonchev–Trinajstić information content (AvgIpc) is 2.65. The lowest BCUT2D eigenvalue weighted by Crippen LogP contribution is -2.20. The second kappa shape index (κ2) is 10.0. The number of halogens is 3. The molecule has 0 saturated heterocycles. The summed E-state index contributed by atoms with van der Waals surface area (Å²) in [7, 11) is 0. The summed E-state index contributed by atoms with van der Waals surface area (Å²) in [6.45, 7) is 5.14. The van der Waals surface area contributed by atoms with Gasteiger partial charge in [-0.2, -0.15) is 0 Å². The van der Waals surface area contributed by atoms with Crippen LogP contribution in [-0.2, 0) is 9.59 Å². The first-order valence-corrected chi connectivity index (χ1v) is 9.84. The standard InChI is InChI=1S/C20H21Cl3N2O3/c1-4-6-15(26)24-13-7-5-8-14(9-13)25-16(27)10-28-20-18(22)11(2)17(21)12(3)19(20)23/h5,7-9H,4,6,10H2,1-3H3,(H,24,26)(H,25,27). The fourth-order valence-electron chi connectivity index (χ4n) is 2.50. The molecule has 2 N–H and O–H groups in total. The van der Waals surface area contributed by atoms with Gasteiger partial charge < -0.3 is 15.4 Å². The van der Waals surface area contributed by atoms with Gasteiger partial charge in [0.15, 0.2) is 12.4 Å². The summed E-state index contributed by atoms with van der Waals surface area (Å²) in [4.78, 5) is 23.9. The van der Waals surface area contributed by atoms with Crippen molar-refractivity contribution in [3.63, 3.8) is 0 Å². The third-order valence-corrected chi connectivity index (χ3v) is 5.45. The highest BCUT2D eigenvalue weighted by Gasteiger charge is 2.18. The topological polar surface area (TPSA) is 67.4 Å². The lowest BCUT2D eigenvalue weighted by atomic mass is 10.1. The van der Waals surface area contributed by atoms with Crippen LogP contribution in [0.2, 0.25) is 15.1 Å². The van der Waals surface area contributed by atoms with Crippen molar-refractivity contribution in [1.29, 1.82) is 0 Å². The summed E-state index contributed by atoms with van der Waals surface area (Å²) in [6, 6.07) is 6.86. The highest BCUT2D eigenvalue weighted by molar-refractivity contribution is 6.42. The Kier molecular flexibility index (Phi) is 7.98. The largest absolute Gasteiger partial charge is 0.481 e. The minimum absolute atomic E-state index is 0.0768. The van der Waals surface area contributed by atoms with Crippen LogP contribution < -0.4 is 15.4 Å². The molecule has 0 aliphatic carbocycles. The Hall–Kier alpha value is -1.95. The van der Waals surface area contributed by atoms with Crippen LogP contribution in [0.4, 0.5) is 11.4 Å². The van der Waals surface area contributed by atoms with Crippen LogP contribution in [-0.4, -0.2) is 18.4 Å². The summed E-state index contributed by atoms with van der Waals surface area (Å²) in [5.74, 6) is -0.250. The molecule has 2 amide bonds. The number of benzene rings is 2. The molecule has 2 aromatic carbocycles. The quantitative estimate of drug-likeness (QED) is 0.550. The third kappa shape index (κ3) is 5.53. The van der Waals surface area contributed by atoms with Crippen molar-refractivity contribution in [2.24, 2.45) is 0 Å². The van der Waals surface area contributed by atoms with Crippen LogP contribution >= 0.6 is 34.8 Å². The predicted octanol–water partition coefficient (Wildman–Crippen LogP) is 6.02. The fraction of sp³-hybridized carbons (Fsp3) is 0.300. The van der Waals surface area contributed by atoms with E-state index in [1.54, 1.807) is 38.1 Å². The molecule has 0 saturated carbocycles. The number of hydrogen-bond acceptors (Lipinski definition) is 3. The van der Waals surface area contributed by atoms with Gasteiger partial charge in [0, 0.05) is 22.8 Å². The maximum absolute atomic E-state index is 12.2. The number of hydrogen-bond donors (Lipinski definition) is 2. The van der Waals surface area contributed by atoms with Crippen molar-refractivity contribution in [1.82, 2.24) is 0 Å². The number of anilines is 2. The second-order valence-corrected chi connectivity index (χ2v) is 7.37. The Bertz CT molecular complexity index is 872. The summed E-state index contributed by atoms with van der Waals surface area (Å²) < 4.78 is 5.54. The van der Waals surface area contributed by atoms with Crippen molar-refractivity contribution < 1.29 is 14.3 Å². The van der Waals surface area contributed by atoms with E-state index in [4.69, 9.17) is 39.5 Å². The van der Waals surface area contributed by atoms with E-state index in [1.807, 2.05) is 6.92 Å². The van der Waals surface area contributed by atoms with E-state index in [9.17, 15) is 9.59 Å². The average molecular weight is 444 g/mol. The molecule has 0 heterocycles. The highest BCUT2D eigenvalue weighted by atomic mass is 35.5. The Labute approximate surface area is 179 Å². The highest BCUT2D eigenvalue weighted by Crippen LogP contribution is 2.42. The van der Waals surface area contributed by atoms with Gasteiger partial charge >= 0.3 is 0 Å². The van der Waals surface area contributed by atoms with Crippen LogP contribution in [0.15, 0.2) is 24.3 Å². The summed E-state index contributed by atoms with van der Waals surface area (Å²) in [5, 5.41) is 6.50. The molecule has 0 aliphatic heterocycles. The number of carbonyl (C=O) groups excluding carboxylic acids is 2. The molecule has 28 heavy (non-hydrogen) atoms. The molecule has 0 bridgehead atoms. The molecule has 2 rings (SSSR count). The minimum atomic E-state index is -0.394. The van der Waals surface area contributed by atoms with Gasteiger partial charge in [-0.25, -0.2) is 0 Å². The molecule has 150 valence electrons. The van der Waals surface area contributed by atoms with E-state index in [-0.39, 0.29) is 28.3 Å². The molecule has 0 unspecified atom stereocenters. The predicted molar refractivity (Wildman–Crippen MR) is 115 cm³/mol. The number of amides is 2. The van der Waals surface area contributed by atoms with Crippen LogP contribution in [0.1, 0.15) is 30.9 Å². The molecule has 0 fully saturated rings. The maximum Gasteiger partial charge on any atom is 0.262 e. The van der Waals surface area contributed by atoms with E-state index in [1.165, 1.54) is 0 Å². The minimum Gasteiger partial charge on any atom is -0.481 e. The van der Waals surface area contributed by atoms with E-state index in [0.717, 1.165) is 6.42 Å². The van der Waals surface area contributed by atoms with E-state index in [2.05, 4.69) is 10.6 Å². The zero-order valence-corrected chi connectivity index (χ0v) is 18.1. The summed E-state index contributed by atoms with van der Waals surface area (Å²) >= 11 is 18.7. The fourth-order valence-corrected chi connectivity index (χ4v) is 3.32. The van der Waals surface area contributed by atoms with Gasteiger partial charge in [-0.3, -0.25) is 9.59 Å². The van der Waals surface area contributed by atoms with E-state index in [0.29, 0.717) is 33.9 Å².